The molecule has 15 heavy (non-hydrogen) atoms. The van der Waals surface area contributed by atoms with Crippen LogP contribution in [-0.2, 0) is 0 Å². The summed E-state index contributed by atoms with van der Waals surface area (Å²) in [6.45, 7) is 2.65. The molecule has 78 valence electrons. The highest BCUT2D eigenvalue weighted by Crippen LogP contribution is 2.18. The molecule has 2 aromatic rings. The summed E-state index contributed by atoms with van der Waals surface area (Å²) in [6, 6.07) is 8.11. The Labute approximate surface area is 88.5 Å². The van der Waals surface area contributed by atoms with Crippen molar-refractivity contribution in [3.05, 3.63) is 30.5 Å². The smallest absolute Gasteiger partial charge is 0.156 e. The van der Waals surface area contributed by atoms with Gasteiger partial charge in [-0.25, -0.2) is 0 Å². The lowest BCUT2D eigenvalue weighted by molar-refractivity contribution is 0.776. The summed E-state index contributed by atoms with van der Waals surface area (Å²) < 4.78 is 0. The van der Waals surface area contributed by atoms with Crippen LogP contribution in [0.1, 0.15) is 6.92 Å². The monoisotopic (exact) mass is 202 g/mol. The minimum absolute atomic E-state index is 0.103. The van der Waals surface area contributed by atoms with Crippen LogP contribution in [0, 0.1) is 0 Å². The number of hydrogen-bond donors (Lipinski definition) is 2. The molecule has 0 saturated heterocycles. The second-order valence-electron chi connectivity index (χ2n) is 3.64. The van der Waals surface area contributed by atoms with Crippen LogP contribution in [0.4, 0.5) is 5.82 Å². The van der Waals surface area contributed by atoms with Crippen molar-refractivity contribution >= 4 is 16.6 Å². The molecule has 0 aliphatic carbocycles. The Morgan fingerprint density at radius 1 is 1.40 bits per heavy atom. The van der Waals surface area contributed by atoms with Gasteiger partial charge < -0.3 is 11.1 Å². The molecule has 0 amide bonds. The van der Waals surface area contributed by atoms with Gasteiger partial charge in [-0.1, -0.05) is 24.3 Å². The minimum atomic E-state index is 0.103. The summed E-state index contributed by atoms with van der Waals surface area (Å²) in [7, 11) is 0. The van der Waals surface area contributed by atoms with Gasteiger partial charge in [-0.2, -0.15) is 5.10 Å². The van der Waals surface area contributed by atoms with E-state index < -0.39 is 0 Å². The molecule has 0 aliphatic heterocycles. The highest BCUT2D eigenvalue weighted by Gasteiger charge is 2.02. The molecule has 0 fully saturated rings. The van der Waals surface area contributed by atoms with Gasteiger partial charge in [0.25, 0.3) is 0 Å². The average molecular weight is 202 g/mol. The maximum absolute atomic E-state index is 5.67. The van der Waals surface area contributed by atoms with E-state index in [1.165, 1.54) is 0 Å². The largest absolute Gasteiger partial charge is 0.367 e. The molecule has 0 aliphatic rings. The zero-order valence-electron chi connectivity index (χ0n) is 8.64. The quantitative estimate of drug-likeness (QED) is 0.789. The lowest BCUT2D eigenvalue weighted by Gasteiger charge is -2.09. The van der Waals surface area contributed by atoms with Crippen molar-refractivity contribution in [2.45, 2.75) is 13.0 Å². The zero-order valence-corrected chi connectivity index (χ0v) is 8.64. The van der Waals surface area contributed by atoms with Gasteiger partial charge in [-0.3, -0.25) is 0 Å². The third-order valence-electron chi connectivity index (χ3n) is 2.16. The number of fused-ring (bicyclic) bond motifs is 1. The van der Waals surface area contributed by atoms with Gasteiger partial charge in [-0.15, -0.1) is 5.10 Å². The molecule has 0 radical (unpaired) electrons. The lowest BCUT2D eigenvalue weighted by Crippen LogP contribution is -2.25. The Bertz CT molecular complexity index is 448. The van der Waals surface area contributed by atoms with Gasteiger partial charge in [0.2, 0.25) is 0 Å². The molecular formula is C11H14N4. The van der Waals surface area contributed by atoms with Gasteiger partial charge in [0.1, 0.15) is 0 Å². The van der Waals surface area contributed by atoms with E-state index in [0.29, 0.717) is 6.54 Å². The van der Waals surface area contributed by atoms with Crippen LogP contribution in [0.3, 0.4) is 0 Å². The fourth-order valence-corrected chi connectivity index (χ4v) is 1.42. The molecule has 1 aromatic carbocycles. The third kappa shape index (κ3) is 2.22. The molecule has 2 rings (SSSR count). The summed E-state index contributed by atoms with van der Waals surface area (Å²) in [5, 5.41) is 13.3. The van der Waals surface area contributed by atoms with Crippen molar-refractivity contribution in [1.29, 1.82) is 0 Å². The van der Waals surface area contributed by atoms with Gasteiger partial charge >= 0.3 is 0 Å². The zero-order chi connectivity index (χ0) is 10.7. The van der Waals surface area contributed by atoms with E-state index in [0.717, 1.165) is 16.6 Å². The summed E-state index contributed by atoms with van der Waals surface area (Å²) in [5.74, 6) is 0.797. The van der Waals surface area contributed by atoms with E-state index in [1.807, 2.05) is 31.2 Å². The molecule has 0 bridgehead atoms. The molecule has 4 nitrogen and oxygen atoms in total. The number of rotatable bonds is 3. The number of benzene rings is 1. The molecule has 1 atom stereocenters. The van der Waals surface area contributed by atoms with Gasteiger partial charge in [0, 0.05) is 23.4 Å². The van der Waals surface area contributed by atoms with Crippen LogP contribution >= 0.6 is 0 Å². The molecule has 0 saturated carbocycles. The van der Waals surface area contributed by atoms with E-state index >= 15 is 0 Å². The molecule has 1 unspecified atom stereocenters. The van der Waals surface area contributed by atoms with E-state index in [9.17, 15) is 0 Å². The Kier molecular flexibility index (Phi) is 2.78. The number of nitrogens with two attached hydrogens (primary N) is 1. The second-order valence-corrected chi connectivity index (χ2v) is 3.64. The SMILES string of the molecule is CC(N)CNc1nncc2ccccc12. The van der Waals surface area contributed by atoms with Gasteiger partial charge in [0.05, 0.1) is 6.20 Å². The standard InChI is InChI=1S/C11H14N4/c1-8(12)6-13-11-10-5-3-2-4-9(10)7-14-15-11/h2-5,7-8H,6,12H2,1H3,(H,13,15). The summed E-state index contributed by atoms with van der Waals surface area (Å²) in [6.07, 6.45) is 1.76. The average Bonchev–Trinajstić information content (AvgIpc) is 2.26. The first-order valence-electron chi connectivity index (χ1n) is 4.97. The van der Waals surface area contributed by atoms with Crippen LogP contribution < -0.4 is 11.1 Å². The van der Waals surface area contributed by atoms with Crippen molar-refractivity contribution in [1.82, 2.24) is 10.2 Å². The predicted molar refractivity (Wildman–Crippen MR) is 61.7 cm³/mol. The summed E-state index contributed by atoms with van der Waals surface area (Å²) in [4.78, 5) is 0. The van der Waals surface area contributed by atoms with E-state index in [1.54, 1.807) is 6.20 Å². The first-order chi connectivity index (χ1) is 7.27. The molecule has 3 N–H and O–H groups in total. The maximum Gasteiger partial charge on any atom is 0.156 e. The normalized spacial score (nSPS) is 12.7. The maximum atomic E-state index is 5.67. The van der Waals surface area contributed by atoms with E-state index in [2.05, 4.69) is 15.5 Å². The predicted octanol–water partition coefficient (Wildman–Crippen LogP) is 1.39. The molecular weight excluding hydrogens is 188 g/mol. The number of anilines is 1. The number of nitrogens with zero attached hydrogens (tertiary/aromatic N) is 2. The van der Waals surface area contributed by atoms with Crippen molar-refractivity contribution in [2.75, 3.05) is 11.9 Å². The van der Waals surface area contributed by atoms with Crippen LogP contribution in [0.2, 0.25) is 0 Å². The Morgan fingerprint density at radius 3 is 3.00 bits per heavy atom. The Balaban J connectivity index is 2.34. The highest BCUT2D eigenvalue weighted by molar-refractivity contribution is 5.90. The van der Waals surface area contributed by atoms with Gasteiger partial charge in [-0.05, 0) is 6.92 Å². The number of nitrogens with one attached hydrogen (secondary N) is 1. The van der Waals surface area contributed by atoms with Crippen LogP contribution in [-0.4, -0.2) is 22.8 Å². The summed E-state index contributed by atoms with van der Waals surface area (Å²) >= 11 is 0. The van der Waals surface area contributed by atoms with Crippen molar-refractivity contribution in [2.24, 2.45) is 5.73 Å². The molecule has 1 heterocycles. The fourth-order valence-electron chi connectivity index (χ4n) is 1.42. The molecule has 0 spiro atoms. The summed E-state index contributed by atoms with van der Waals surface area (Å²) in [5.41, 5.74) is 5.67. The minimum Gasteiger partial charge on any atom is -0.367 e. The number of aromatic nitrogens is 2. The van der Waals surface area contributed by atoms with Crippen molar-refractivity contribution < 1.29 is 0 Å². The van der Waals surface area contributed by atoms with E-state index in [-0.39, 0.29) is 6.04 Å². The Morgan fingerprint density at radius 2 is 2.20 bits per heavy atom. The number of hydrogen-bond acceptors (Lipinski definition) is 4. The lowest BCUT2D eigenvalue weighted by atomic mass is 10.2. The third-order valence-corrected chi connectivity index (χ3v) is 2.16. The van der Waals surface area contributed by atoms with E-state index in [4.69, 9.17) is 5.73 Å². The second kappa shape index (κ2) is 4.23. The molecule has 1 aromatic heterocycles. The first kappa shape index (κ1) is 9.86. The molecule has 4 heteroatoms. The first-order valence-corrected chi connectivity index (χ1v) is 4.97. The van der Waals surface area contributed by atoms with Crippen molar-refractivity contribution in [3.8, 4) is 0 Å². The van der Waals surface area contributed by atoms with Crippen LogP contribution in [0.5, 0.6) is 0 Å². The van der Waals surface area contributed by atoms with Crippen LogP contribution in [0.25, 0.3) is 10.8 Å². The van der Waals surface area contributed by atoms with Gasteiger partial charge in [0.15, 0.2) is 5.82 Å². The van der Waals surface area contributed by atoms with Crippen LogP contribution in [0.15, 0.2) is 30.5 Å². The topological polar surface area (TPSA) is 63.8 Å². The highest BCUT2D eigenvalue weighted by atomic mass is 15.2. The van der Waals surface area contributed by atoms with Crippen molar-refractivity contribution in [3.63, 3.8) is 0 Å². The fraction of sp³-hybridized carbons (Fsp3) is 0.273. The Hall–Kier alpha value is -1.68.